The van der Waals surface area contributed by atoms with E-state index >= 15 is 0 Å². The Morgan fingerprint density at radius 2 is 2.16 bits per heavy atom. The first-order valence-electron chi connectivity index (χ1n) is 8.19. The molecule has 0 spiro atoms. The number of pyridine rings is 1. The lowest BCUT2D eigenvalue weighted by atomic mass is 9.94. The van der Waals surface area contributed by atoms with Gasteiger partial charge in [-0.05, 0) is 48.8 Å². The van der Waals surface area contributed by atoms with Crippen molar-refractivity contribution in [1.29, 1.82) is 0 Å². The normalized spacial score (nSPS) is 15.6. The summed E-state index contributed by atoms with van der Waals surface area (Å²) in [4.78, 5) is 20.3. The lowest BCUT2D eigenvalue weighted by Crippen LogP contribution is -2.12. The number of nitrogens with zero attached hydrogens (tertiary/aromatic N) is 2. The number of allylic oxidation sites excluding steroid dienone is 1. The maximum Gasteiger partial charge on any atom is 0.308 e. The molecule has 1 aliphatic rings. The van der Waals surface area contributed by atoms with E-state index in [0.29, 0.717) is 11.5 Å². The first-order valence-corrected chi connectivity index (χ1v) is 8.19. The van der Waals surface area contributed by atoms with Crippen LogP contribution >= 0.6 is 0 Å². The Morgan fingerprint density at radius 3 is 2.88 bits per heavy atom. The Labute approximate surface area is 147 Å². The van der Waals surface area contributed by atoms with Gasteiger partial charge in [-0.25, -0.2) is 0 Å². The van der Waals surface area contributed by atoms with Crippen LogP contribution in [0.2, 0.25) is 0 Å². The van der Waals surface area contributed by atoms with E-state index in [1.54, 1.807) is 19.4 Å². The maximum atomic E-state index is 11.4. The Hall–Kier alpha value is -2.95. The van der Waals surface area contributed by atoms with Gasteiger partial charge in [0.15, 0.2) is 0 Å². The molecule has 25 heavy (non-hydrogen) atoms. The van der Waals surface area contributed by atoms with Gasteiger partial charge >= 0.3 is 5.97 Å². The highest BCUT2D eigenvalue weighted by Crippen LogP contribution is 2.29. The molecule has 2 aromatic rings. The van der Waals surface area contributed by atoms with Crippen LogP contribution in [0, 0.1) is 0 Å². The van der Waals surface area contributed by atoms with Crippen LogP contribution in [0.15, 0.2) is 53.3 Å². The minimum Gasteiger partial charge on any atom is -0.497 e. The molecule has 0 amide bonds. The highest BCUT2D eigenvalue weighted by molar-refractivity contribution is 6.15. The molecule has 5 heteroatoms. The Balaban J connectivity index is 2.02. The van der Waals surface area contributed by atoms with Gasteiger partial charge < -0.3 is 9.47 Å². The van der Waals surface area contributed by atoms with Gasteiger partial charge in [0, 0.05) is 43.1 Å². The number of benzene rings is 1. The number of carbonyl (C=O) groups is 1. The second-order valence-electron chi connectivity index (χ2n) is 5.74. The number of hydrogen-bond acceptors (Lipinski definition) is 5. The second kappa shape index (κ2) is 7.75. The van der Waals surface area contributed by atoms with Crippen molar-refractivity contribution in [2.75, 3.05) is 13.7 Å². The summed E-state index contributed by atoms with van der Waals surface area (Å²) in [7, 11) is 1.58. The predicted octanol–water partition coefficient (Wildman–Crippen LogP) is 3.68. The molecule has 1 aromatic carbocycles. The number of ether oxygens (including phenoxy) is 2. The van der Waals surface area contributed by atoms with Crippen molar-refractivity contribution >= 4 is 17.8 Å². The lowest BCUT2D eigenvalue weighted by Gasteiger charge is -2.17. The number of methoxy groups -OCH3 is 1. The number of carbonyl (C=O) groups excluding carboxylic acids is 1. The molecule has 0 saturated carbocycles. The van der Waals surface area contributed by atoms with Gasteiger partial charge in [-0.1, -0.05) is 0 Å². The summed E-state index contributed by atoms with van der Waals surface area (Å²) in [5.41, 5.74) is 3.88. The maximum absolute atomic E-state index is 11.4. The van der Waals surface area contributed by atoms with Crippen molar-refractivity contribution in [2.24, 2.45) is 4.99 Å². The zero-order chi connectivity index (χ0) is 17.6. The summed E-state index contributed by atoms with van der Waals surface area (Å²) in [5.74, 6) is 0.761. The molecule has 0 unspecified atom stereocenters. The first-order chi connectivity index (χ1) is 12.2. The molecule has 2 heterocycles. The number of aliphatic imine (C=N–C) groups is 1. The number of hydrogen-bond donors (Lipinski definition) is 0. The van der Waals surface area contributed by atoms with Crippen LogP contribution in [0.1, 0.15) is 30.9 Å². The molecule has 128 valence electrons. The molecular formula is C20H20N2O3. The fourth-order valence-corrected chi connectivity index (χ4v) is 2.79. The van der Waals surface area contributed by atoms with E-state index in [2.05, 4.69) is 9.98 Å². The van der Waals surface area contributed by atoms with Gasteiger partial charge in [-0.3, -0.25) is 14.8 Å². The molecule has 0 atom stereocenters. The highest BCUT2D eigenvalue weighted by Gasteiger charge is 2.16. The topological polar surface area (TPSA) is 60.8 Å². The zero-order valence-corrected chi connectivity index (χ0v) is 14.4. The van der Waals surface area contributed by atoms with Crippen LogP contribution in [-0.2, 0) is 4.79 Å². The van der Waals surface area contributed by atoms with Gasteiger partial charge in [0.1, 0.15) is 11.5 Å². The van der Waals surface area contributed by atoms with Crippen LogP contribution in [0.5, 0.6) is 11.5 Å². The quantitative estimate of drug-likeness (QED) is 0.631. The average molecular weight is 336 g/mol. The number of esters is 1. The van der Waals surface area contributed by atoms with Crippen molar-refractivity contribution in [2.45, 2.75) is 19.8 Å². The molecule has 0 saturated heterocycles. The third-order valence-corrected chi connectivity index (χ3v) is 3.92. The molecule has 0 bridgehead atoms. The summed E-state index contributed by atoms with van der Waals surface area (Å²) >= 11 is 0. The van der Waals surface area contributed by atoms with E-state index < -0.39 is 0 Å². The van der Waals surface area contributed by atoms with Gasteiger partial charge in [-0.15, -0.1) is 0 Å². The fourth-order valence-electron chi connectivity index (χ4n) is 2.79. The third-order valence-electron chi connectivity index (χ3n) is 3.92. The van der Waals surface area contributed by atoms with E-state index in [-0.39, 0.29) is 5.97 Å². The third kappa shape index (κ3) is 4.12. The second-order valence-corrected chi connectivity index (χ2v) is 5.74. The molecular weight excluding hydrogens is 316 g/mol. The van der Waals surface area contributed by atoms with Crippen LogP contribution in [0.25, 0.3) is 6.08 Å². The van der Waals surface area contributed by atoms with E-state index in [1.807, 2.05) is 36.5 Å². The Bertz CT molecular complexity index is 826. The smallest absolute Gasteiger partial charge is 0.308 e. The molecule has 1 aliphatic heterocycles. The van der Waals surface area contributed by atoms with E-state index in [0.717, 1.165) is 41.8 Å². The SMILES string of the molecule is COc1ccc(/C=C2\CCCN=C2c2cccnc2)c(OC(C)=O)c1. The predicted molar refractivity (Wildman–Crippen MR) is 97.2 cm³/mol. The monoisotopic (exact) mass is 336 g/mol. The van der Waals surface area contributed by atoms with Crippen LogP contribution in [0.3, 0.4) is 0 Å². The molecule has 0 aliphatic carbocycles. The van der Waals surface area contributed by atoms with Crippen molar-refractivity contribution in [3.63, 3.8) is 0 Å². The molecule has 5 nitrogen and oxygen atoms in total. The summed E-state index contributed by atoms with van der Waals surface area (Å²) in [5, 5.41) is 0. The van der Waals surface area contributed by atoms with E-state index in [1.165, 1.54) is 6.92 Å². The van der Waals surface area contributed by atoms with E-state index in [9.17, 15) is 4.79 Å². The minimum absolute atomic E-state index is 0.363. The van der Waals surface area contributed by atoms with Crippen molar-refractivity contribution in [3.8, 4) is 11.5 Å². The number of aromatic nitrogens is 1. The summed E-state index contributed by atoms with van der Waals surface area (Å²) < 4.78 is 10.6. The number of rotatable bonds is 4. The Morgan fingerprint density at radius 1 is 1.28 bits per heavy atom. The summed E-state index contributed by atoms with van der Waals surface area (Å²) in [6.07, 6.45) is 7.51. The largest absolute Gasteiger partial charge is 0.497 e. The van der Waals surface area contributed by atoms with Crippen molar-refractivity contribution < 1.29 is 14.3 Å². The minimum atomic E-state index is -0.363. The summed E-state index contributed by atoms with van der Waals surface area (Å²) in [6, 6.07) is 9.37. The van der Waals surface area contributed by atoms with Crippen LogP contribution in [-0.4, -0.2) is 30.3 Å². The van der Waals surface area contributed by atoms with Crippen molar-refractivity contribution in [1.82, 2.24) is 4.98 Å². The van der Waals surface area contributed by atoms with Gasteiger partial charge in [0.2, 0.25) is 0 Å². The van der Waals surface area contributed by atoms with Crippen molar-refractivity contribution in [3.05, 3.63) is 59.4 Å². The average Bonchev–Trinajstić information content (AvgIpc) is 2.64. The van der Waals surface area contributed by atoms with E-state index in [4.69, 9.17) is 9.47 Å². The zero-order valence-electron chi connectivity index (χ0n) is 14.4. The molecule has 0 fully saturated rings. The molecule has 1 aromatic heterocycles. The lowest BCUT2D eigenvalue weighted by molar-refractivity contribution is -0.131. The van der Waals surface area contributed by atoms with Crippen LogP contribution in [0.4, 0.5) is 0 Å². The van der Waals surface area contributed by atoms with Gasteiger partial charge in [0.25, 0.3) is 0 Å². The first kappa shape index (κ1) is 16.9. The fraction of sp³-hybridized carbons (Fsp3) is 0.250. The standard InChI is InChI=1S/C20H20N2O3/c1-14(23)25-19-12-18(24-2)8-7-15(19)11-16-5-4-10-22-20(16)17-6-3-9-21-13-17/h3,6-9,11-13H,4-5,10H2,1-2H3/b16-11+. The molecule has 3 rings (SSSR count). The Kier molecular flexibility index (Phi) is 5.23. The van der Waals surface area contributed by atoms with Gasteiger partial charge in [0.05, 0.1) is 12.8 Å². The molecule has 0 radical (unpaired) electrons. The van der Waals surface area contributed by atoms with Crippen LogP contribution < -0.4 is 9.47 Å². The molecule has 0 N–H and O–H groups in total. The highest BCUT2D eigenvalue weighted by atomic mass is 16.5. The van der Waals surface area contributed by atoms with Gasteiger partial charge in [-0.2, -0.15) is 0 Å². The summed E-state index contributed by atoms with van der Waals surface area (Å²) in [6.45, 7) is 2.19.